The molecule has 1 aliphatic carbocycles. The lowest BCUT2D eigenvalue weighted by molar-refractivity contribution is -0.121. The van der Waals surface area contributed by atoms with Gasteiger partial charge in [-0.2, -0.15) is 0 Å². The summed E-state index contributed by atoms with van der Waals surface area (Å²) in [6.07, 6.45) is 10.1. The zero-order valence-corrected chi connectivity index (χ0v) is 9.36. The molecule has 0 radical (unpaired) electrons. The summed E-state index contributed by atoms with van der Waals surface area (Å²) < 4.78 is 0. The van der Waals surface area contributed by atoms with Gasteiger partial charge in [0.25, 0.3) is 0 Å². The Balaban J connectivity index is 2.81. The Morgan fingerprint density at radius 2 is 2.29 bits per heavy atom. The fraction of sp³-hybridized carbons (Fsp3) is 0.615. The number of carbonyl (C=O) groups is 1. The highest BCUT2D eigenvalue weighted by Gasteiger charge is 2.30. The van der Waals surface area contributed by atoms with Gasteiger partial charge in [0.05, 0.1) is 0 Å². The fourth-order valence-corrected chi connectivity index (χ4v) is 2.31. The Bertz CT molecular complexity index is 250. The van der Waals surface area contributed by atoms with Crippen molar-refractivity contribution in [2.24, 2.45) is 17.8 Å². The second kappa shape index (κ2) is 5.14. The molecule has 1 rings (SSSR count). The maximum Gasteiger partial charge on any atom is 0.159 e. The molecule has 0 saturated carbocycles. The van der Waals surface area contributed by atoms with Crippen LogP contribution in [0, 0.1) is 17.8 Å². The van der Waals surface area contributed by atoms with Crippen molar-refractivity contribution >= 4 is 5.78 Å². The summed E-state index contributed by atoms with van der Waals surface area (Å²) in [6.45, 7) is 6.24. The largest absolute Gasteiger partial charge is 0.295 e. The van der Waals surface area contributed by atoms with E-state index in [1.165, 1.54) is 0 Å². The zero-order chi connectivity index (χ0) is 10.6. The van der Waals surface area contributed by atoms with Crippen LogP contribution in [0.2, 0.25) is 0 Å². The quantitative estimate of drug-likeness (QED) is 0.495. The van der Waals surface area contributed by atoms with Crippen LogP contribution in [0.25, 0.3) is 0 Å². The first-order valence-corrected chi connectivity index (χ1v) is 5.53. The summed E-state index contributed by atoms with van der Waals surface area (Å²) in [5.74, 6) is 1.45. The van der Waals surface area contributed by atoms with Gasteiger partial charge in [-0.05, 0) is 37.7 Å². The normalized spacial score (nSPS) is 32.4. The molecule has 3 atom stereocenters. The molecule has 0 unspecified atom stereocenters. The maximum absolute atomic E-state index is 11.9. The first kappa shape index (κ1) is 11.2. The Morgan fingerprint density at radius 3 is 2.86 bits per heavy atom. The van der Waals surface area contributed by atoms with Crippen molar-refractivity contribution in [3.8, 4) is 0 Å². The molecule has 0 saturated heterocycles. The molecule has 14 heavy (non-hydrogen) atoms. The number of hydrogen-bond donors (Lipinski definition) is 0. The van der Waals surface area contributed by atoms with Gasteiger partial charge in [0.15, 0.2) is 5.78 Å². The highest BCUT2D eigenvalue weighted by Crippen LogP contribution is 2.32. The molecule has 0 aliphatic heterocycles. The van der Waals surface area contributed by atoms with E-state index in [1.807, 2.05) is 13.0 Å². The predicted octanol–water partition coefficient (Wildman–Crippen LogP) is 3.37. The van der Waals surface area contributed by atoms with Crippen molar-refractivity contribution in [2.75, 3.05) is 0 Å². The van der Waals surface area contributed by atoms with Gasteiger partial charge in [0.2, 0.25) is 0 Å². The molecule has 0 aromatic carbocycles. The molecule has 0 spiro atoms. The Kier molecular flexibility index (Phi) is 4.12. The van der Waals surface area contributed by atoms with Crippen LogP contribution in [0.1, 0.15) is 33.6 Å². The fourth-order valence-electron chi connectivity index (χ4n) is 2.31. The first-order chi connectivity index (χ1) is 6.70. The number of ketones is 1. The molecule has 0 fully saturated rings. The molecular formula is C13H20O. The third kappa shape index (κ3) is 2.34. The molecule has 0 N–H and O–H groups in total. The van der Waals surface area contributed by atoms with E-state index in [1.54, 1.807) is 6.08 Å². The lowest BCUT2D eigenvalue weighted by Crippen LogP contribution is -2.29. The van der Waals surface area contributed by atoms with Crippen LogP contribution in [0.3, 0.4) is 0 Å². The van der Waals surface area contributed by atoms with Crippen LogP contribution >= 0.6 is 0 Å². The highest BCUT2D eigenvalue weighted by atomic mass is 16.1. The van der Waals surface area contributed by atoms with Crippen LogP contribution in [-0.2, 0) is 4.79 Å². The smallest absolute Gasteiger partial charge is 0.159 e. The van der Waals surface area contributed by atoms with E-state index in [4.69, 9.17) is 0 Å². The molecule has 1 nitrogen and oxygen atoms in total. The summed E-state index contributed by atoms with van der Waals surface area (Å²) in [5, 5.41) is 0. The Labute approximate surface area is 86.9 Å². The number of carbonyl (C=O) groups excluding carboxylic acids is 1. The summed E-state index contributed by atoms with van der Waals surface area (Å²) in [7, 11) is 0. The van der Waals surface area contributed by atoms with Crippen LogP contribution < -0.4 is 0 Å². The minimum Gasteiger partial charge on any atom is -0.295 e. The van der Waals surface area contributed by atoms with Crippen molar-refractivity contribution in [1.82, 2.24) is 0 Å². The minimum atomic E-state index is 0.209. The molecule has 0 bridgehead atoms. The van der Waals surface area contributed by atoms with E-state index in [0.717, 1.165) is 12.8 Å². The summed E-state index contributed by atoms with van der Waals surface area (Å²) in [4.78, 5) is 11.9. The minimum absolute atomic E-state index is 0.209. The van der Waals surface area contributed by atoms with Gasteiger partial charge < -0.3 is 0 Å². The van der Waals surface area contributed by atoms with Crippen molar-refractivity contribution in [2.45, 2.75) is 33.6 Å². The molecule has 1 aliphatic rings. The third-order valence-electron chi connectivity index (χ3n) is 3.10. The van der Waals surface area contributed by atoms with E-state index in [0.29, 0.717) is 17.6 Å². The van der Waals surface area contributed by atoms with Crippen molar-refractivity contribution in [3.63, 3.8) is 0 Å². The van der Waals surface area contributed by atoms with Gasteiger partial charge in [-0.15, -0.1) is 0 Å². The van der Waals surface area contributed by atoms with Crippen molar-refractivity contribution < 1.29 is 4.79 Å². The van der Waals surface area contributed by atoms with Gasteiger partial charge >= 0.3 is 0 Å². The lowest BCUT2D eigenvalue weighted by atomic mass is 9.73. The maximum atomic E-state index is 11.9. The number of rotatable bonds is 3. The number of hydrogen-bond acceptors (Lipinski definition) is 1. The summed E-state index contributed by atoms with van der Waals surface area (Å²) >= 11 is 0. The molecule has 0 amide bonds. The monoisotopic (exact) mass is 192 g/mol. The molecule has 1 heteroatoms. The van der Waals surface area contributed by atoms with E-state index in [2.05, 4.69) is 26.0 Å². The lowest BCUT2D eigenvalue weighted by Gasteiger charge is -2.30. The third-order valence-corrected chi connectivity index (χ3v) is 3.10. The summed E-state index contributed by atoms with van der Waals surface area (Å²) in [6, 6.07) is 0. The van der Waals surface area contributed by atoms with Crippen LogP contribution in [-0.4, -0.2) is 5.78 Å². The Hall–Kier alpha value is -0.850. The van der Waals surface area contributed by atoms with Gasteiger partial charge in [0.1, 0.15) is 0 Å². The highest BCUT2D eigenvalue weighted by molar-refractivity contribution is 5.92. The molecule has 0 aromatic heterocycles. The standard InChI is InChI=1S/C13H20O/c1-4-7-12(14)13-10(3)8-6-9-11(13)5-2/h4,6-7,9-11,13H,5,8H2,1-3H3/t10-,11-,13-/m0/s1. The Morgan fingerprint density at radius 1 is 1.57 bits per heavy atom. The van der Waals surface area contributed by atoms with Crippen molar-refractivity contribution in [3.05, 3.63) is 24.3 Å². The molecule has 78 valence electrons. The number of allylic oxidation sites excluding steroid dienone is 4. The van der Waals surface area contributed by atoms with Crippen LogP contribution in [0.4, 0.5) is 0 Å². The summed E-state index contributed by atoms with van der Waals surface area (Å²) in [5.41, 5.74) is 0. The van der Waals surface area contributed by atoms with E-state index in [9.17, 15) is 4.79 Å². The van der Waals surface area contributed by atoms with Gasteiger partial charge in [-0.3, -0.25) is 4.79 Å². The van der Waals surface area contributed by atoms with Crippen LogP contribution in [0.15, 0.2) is 24.3 Å². The van der Waals surface area contributed by atoms with E-state index < -0.39 is 0 Å². The average Bonchev–Trinajstić information content (AvgIpc) is 2.17. The predicted molar refractivity (Wildman–Crippen MR) is 60.0 cm³/mol. The van der Waals surface area contributed by atoms with Crippen molar-refractivity contribution in [1.29, 1.82) is 0 Å². The molecule has 0 aromatic rings. The molecular weight excluding hydrogens is 172 g/mol. The topological polar surface area (TPSA) is 17.1 Å². The van der Waals surface area contributed by atoms with Gasteiger partial charge in [-0.25, -0.2) is 0 Å². The zero-order valence-electron chi connectivity index (χ0n) is 9.36. The van der Waals surface area contributed by atoms with Gasteiger partial charge in [-0.1, -0.05) is 32.1 Å². The second-order valence-electron chi connectivity index (χ2n) is 4.14. The molecule has 0 heterocycles. The van der Waals surface area contributed by atoms with Gasteiger partial charge in [0, 0.05) is 5.92 Å². The SMILES string of the molecule is CC=CC(=O)[C@@H]1[C@@H](CC)C=CC[C@@H]1C. The second-order valence-corrected chi connectivity index (χ2v) is 4.14. The first-order valence-electron chi connectivity index (χ1n) is 5.53. The van der Waals surface area contributed by atoms with E-state index >= 15 is 0 Å². The van der Waals surface area contributed by atoms with E-state index in [-0.39, 0.29) is 5.92 Å². The van der Waals surface area contributed by atoms with Crippen LogP contribution in [0.5, 0.6) is 0 Å². The average molecular weight is 192 g/mol.